The monoisotopic (exact) mass is 283 g/mol. The molecule has 1 atom stereocenters. The van der Waals surface area contributed by atoms with E-state index in [0.717, 1.165) is 12.8 Å². The van der Waals surface area contributed by atoms with Gasteiger partial charge in [-0.1, -0.05) is 41.9 Å². The molecular formula is C14H22BrN. The number of nitrogens with two attached hydrogens (primary N) is 1. The molecule has 1 rings (SSSR count). The predicted molar refractivity (Wildman–Crippen MR) is 74.6 cm³/mol. The maximum atomic E-state index is 6.04. The molecule has 16 heavy (non-hydrogen) atoms. The van der Waals surface area contributed by atoms with Crippen molar-refractivity contribution in [3.05, 3.63) is 33.8 Å². The van der Waals surface area contributed by atoms with Crippen molar-refractivity contribution < 1.29 is 0 Å². The lowest BCUT2D eigenvalue weighted by Gasteiger charge is -2.15. The molecule has 2 N–H and O–H groups in total. The van der Waals surface area contributed by atoms with Gasteiger partial charge in [-0.05, 0) is 49.3 Å². The molecule has 0 bridgehead atoms. The van der Waals surface area contributed by atoms with Crippen molar-refractivity contribution in [1.82, 2.24) is 0 Å². The van der Waals surface area contributed by atoms with E-state index in [4.69, 9.17) is 5.73 Å². The van der Waals surface area contributed by atoms with Gasteiger partial charge in [0, 0.05) is 10.5 Å². The topological polar surface area (TPSA) is 26.0 Å². The molecule has 0 aliphatic heterocycles. The van der Waals surface area contributed by atoms with Crippen LogP contribution in [-0.2, 0) is 6.42 Å². The highest BCUT2D eigenvalue weighted by atomic mass is 79.9. The van der Waals surface area contributed by atoms with E-state index in [1.807, 2.05) is 0 Å². The minimum atomic E-state index is 0.340. The van der Waals surface area contributed by atoms with Crippen LogP contribution < -0.4 is 5.73 Å². The van der Waals surface area contributed by atoms with Gasteiger partial charge in [0.1, 0.15) is 0 Å². The van der Waals surface area contributed by atoms with E-state index in [-0.39, 0.29) is 0 Å². The third-order valence-corrected chi connectivity index (χ3v) is 4.08. The number of halogens is 1. The molecule has 0 fully saturated rings. The number of rotatable bonds is 5. The van der Waals surface area contributed by atoms with Gasteiger partial charge >= 0.3 is 0 Å². The summed E-state index contributed by atoms with van der Waals surface area (Å²) in [6.45, 7) is 6.55. The Labute approximate surface area is 108 Å². The van der Waals surface area contributed by atoms with Crippen molar-refractivity contribution in [2.45, 2.75) is 46.1 Å². The molecule has 0 heterocycles. The van der Waals surface area contributed by atoms with Crippen LogP contribution in [0.3, 0.4) is 0 Å². The quantitative estimate of drug-likeness (QED) is 0.866. The van der Waals surface area contributed by atoms with Crippen LogP contribution in [0, 0.1) is 12.8 Å². The average Bonchev–Trinajstić information content (AvgIpc) is 2.24. The average molecular weight is 284 g/mol. The van der Waals surface area contributed by atoms with E-state index in [9.17, 15) is 0 Å². The first-order valence-corrected chi connectivity index (χ1v) is 6.81. The first kappa shape index (κ1) is 13.7. The Morgan fingerprint density at radius 3 is 2.62 bits per heavy atom. The Morgan fingerprint density at radius 2 is 2.00 bits per heavy atom. The molecular weight excluding hydrogens is 262 g/mol. The van der Waals surface area contributed by atoms with Gasteiger partial charge in [0.25, 0.3) is 0 Å². The van der Waals surface area contributed by atoms with E-state index in [1.165, 1.54) is 22.0 Å². The lowest BCUT2D eigenvalue weighted by Crippen LogP contribution is -2.26. The summed E-state index contributed by atoms with van der Waals surface area (Å²) in [5.41, 5.74) is 8.84. The normalized spacial score (nSPS) is 13.1. The van der Waals surface area contributed by atoms with E-state index in [2.05, 4.69) is 54.9 Å². The Balaban J connectivity index is 2.46. The van der Waals surface area contributed by atoms with Gasteiger partial charge in [-0.25, -0.2) is 0 Å². The summed E-state index contributed by atoms with van der Waals surface area (Å²) in [4.78, 5) is 0. The van der Waals surface area contributed by atoms with E-state index >= 15 is 0 Å². The van der Waals surface area contributed by atoms with Gasteiger partial charge in [-0.3, -0.25) is 0 Å². The number of benzene rings is 1. The van der Waals surface area contributed by atoms with Gasteiger partial charge in [0.2, 0.25) is 0 Å². The molecule has 0 saturated heterocycles. The van der Waals surface area contributed by atoms with Crippen LogP contribution in [0.4, 0.5) is 0 Å². The maximum absolute atomic E-state index is 6.04. The van der Waals surface area contributed by atoms with Gasteiger partial charge in [-0.2, -0.15) is 0 Å². The van der Waals surface area contributed by atoms with Crippen molar-refractivity contribution in [2.75, 3.05) is 0 Å². The molecule has 0 spiro atoms. The van der Waals surface area contributed by atoms with Crippen LogP contribution in [0.5, 0.6) is 0 Å². The first-order valence-electron chi connectivity index (χ1n) is 6.02. The summed E-state index contributed by atoms with van der Waals surface area (Å²) < 4.78 is 1.21. The summed E-state index contributed by atoms with van der Waals surface area (Å²) in [6.07, 6.45) is 3.42. The van der Waals surface area contributed by atoms with Gasteiger partial charge in [0.05, 0.1) is 0 Å². The van der Waals surface area contributed by atoms with Crippen LogP contribution in [0.15, 0.2) is 22.7 Å². The van der Waals surface area contributed by atoms with Gasteiger partial charge < -0.3 is 5.73 Å². The Hall–Kier alpha value is -0.340. The highest BCUT2D eigenvalue weighted by molar-refractivity contribution is 9.10. The highest BCUT2D eigenvalue weighted by Crippen LogP contribution is 2.21. The molecule has 1 unspecified atom stereocenters. The van der Waals surface area contributed by atoms with Crippen LogP contribution in [-0.4, -0.2) is 6.04 Å². The Morgan fingerprint density at radius 1 is 1.31 bits per heavy atom. The third-order valence-electron chi connectivity index (χ3n) is 3.22. The second-order valence-corrected chi connectivity index (χ2v) is 5.68. The molecule has 1 aromatic carbocycles. The molecule has 0 aromatic heterocycles. The minimum Gasteiger partial charge on any atom is -0.327 e. The Bertz CT molecular complexity index is 334. The molecule has 0 aliphatic carbocycles. The van der Waals surface area contributed by atoms with Crippen LogP contribution in [0.25, 0.3) is 0 Å². The van der Waals surface area contributed by atoms with Crippen molar-refractivity contribution in [1.29, 1.82) is 0 Å². The number of aryl methyl sites for hydroxylation is 1. The largest absolute Gasteiger partial charge is 0.327 e. The zero-order chi connectivity index (χ0) is 12.1. The van der Waals surface area contributed by atoms with Crippen molar-refractivity contribution >= 4 is 15.9 Å². The molecule has 0 radical (unpaired) electrons. The third kappa shape index (κ3) is 3.91. The second kappa shape index (κ2) is 6.41. The standard InChI is InChI=1S/C14H22BrN/c1-10(2)14(16)9-5-7-12-6-4-8-13(15)11(12)3/h4,6,8,10,14H,5,7,9,16H2,1-3H3. The second-order valence-electron chi connectivity index (χ2n) is 4.82. The fraction of sp³-hybridized carbons (Fsp3) is 0.571. The molecule has 0 aliphatic rings. The summed E-state index contributed by atoms with van der Waals surface area (Å²) in [6, 6.07) is 6.75. The molecule has 1 aromatic rings. The maximum Gasteiger partial charge on any atom is 0.0207 e. The van der Waals surface area contributed by atoms with E-state index in [1.54, 1.807) is 0 Å². The van der Waals surface area contributed by atoms with Crippen molar-refractivity contribution in [3.63, 3.8) is 0 Å². The summed E-state index contributed by atoms with van der Waals surface area (Å²) >= 11 is 3.57. The van der Waals surface area contributed by atoms with Crippen molar-refractivity contribution in [3.8, 4) is 0 Å². The fourth-order valence-electron chi connectivity index (χ4n) is 1.78. The highest BCUT2D eigenvalue weighted by Gasteiger charge is 2.08. The van der Waals surface area contributed by atoms with E-state index < -0.39 is 0 Å². The summed E-state index contributed by atoms with van der Waals surface area (Å²) in [5.74, 6) is 0.587. The zero-order valence-corrected chi connectivity index (χ0v) is 12.0. The molecule has 0 amide bonds. The van der Waals surface area contributed by atoms with E-state index in [0.29, 0.717) is 12.0 Å². The first-order chi connectivity index (χ1) is 7.52. The van der Waals surface area contributed by atoms with Crippen LogP contribution >= 0.6 is 15.9 Å². The smallest absolute Gasteiger partial charge is 0.0207 e. The summed E-state index contributed by atoms with van der Waals surface area (Å²) in [5, 5.41) is 0. The predicted octanol–water partition coefficient (Wildman–Crippen LogP) is 4.06. The lowest BCUT2D eigenvalue weighted by atomic mass is 9.96. The van der Waals surface area contributed by atoms with Crippen LogP contribution in [0.2, 0.25) is 0 Å². The SMILES string of the molecule is Cc1c(Br)cccc1CCCC(N)C(C)C. The molecule has 1 nitrogen and oxygen atoms in total. The lowest BCUT2D eigenvalue weighted by molar-refractivity contribution is 0.452. The zero-order valence-electron chi connectivity index (χ0n) is 10.5. The molecule has 90 valence electrons. The Kier molecular flexibility index (Phi) is 5.50. The minimum absolute atomic E-state index is 0.340. The molecule has 2 heteroatoms. The van der Waals surface area contributed by atoms with Crippen molar-refractivity contribution in [2.24, 2.45) is 11.7 Å². The van der Waals surface area contributed by atoms with Gasteiger partial charge in [-0.15, -0.1) is 0 Å². The number of hydrogen-bond donors (Lipinski definition) is 1. The molecule has 0 saturated carbocycles. The summed E-state index contributed by atoms with van der Waals surface area (Å²) in [7, 11) is 0. The van der Waals surface area contributed by atoms with Crippen LogP contribution in [0.1, 0.15) is 37.8 Å². The van der Waals surface area contributed by atoms with Gasteiger partial charge in [0.15, 0.2) is 0 Å². The fourth-order valence-corrected chi connectivity index (χ4v) is 2.19. The number of hydrogen-bond acceptors (Lipinski definition) is 1.